The fraction of sp³-hybridized carbons (Fsp3) is 0.542. The van der Waals surface area contributed by atoms with E-state index in [0.717, 1.165) is 25.0 Å². The molecule has 0 amide bonds. The van der Waals surface area contributed by atoms with E-state index in [1.165, 1.54) is 5.56 Å². The minimum atomic E-state index is 0.212. The smallest absolute Gasteiger partial charge is 0.162 e. The number of ketones is 1. The van der Waals surface area contributed by atoms with Crippen LogP contribution in [0.3, 0.4) is 0 Å². The van der Waals surface area contributed by atoms with Crippen molar-refractivity contribution in [3.8, 4) is 0 Å². The minimum absolute atomic E-state index is 0.212. The molecule has 0 spiro atoms. The third-order valence-corrected chi connectivity index (χ3v) is 6.52. The van der Waals surface area contributed by atoms with Crippen LogP contribution >= 0.6 is 0 Å². The van der Waals surface area contributed by atoms with Crippen molar-refractivity contribution >= 4 is 5.78 Å². The van der Waals surface area contributed by atoms with Gasteiger partial charge in [-0.25, -0.2) is 0 Å². The van der Waals surface area contributed by atoms with Gasteiger partial charge in [-0.3, -0.25) is 4.79 Å². The van der Waals surface area contributed by atoms with Crippen molar-refractivity contribution < 1.29 is 9.53 Å². The van der Waals surface area contributed by atoms with Gasteiger partial charge in [0.25, 0.3) is 0 Å². The molecule has 2 heteroatoms. The van der Waals surface area contributed by atoms with Crippen LogP contribution in [0, 0.1) is 35.5 Å². The van der Waals surface area contributed by atoms with E-state index >= 15 is 0 Å². The van der Waals surface area contributed by atoms with E-state index in [4.69, 9.17) is 4.74 Å². The Morgan fingerprint density at radius 1 is 1.27 bits per heavy atom. The predicted octanol–water partition coefficient (Wildman–Crippen LogP) is 5.45. The molecule has 0 aromatic heterocycles. The summed E-state index contributed by atoms with van der Waals surface area (Å²) in [6.07, 6.45) is 6.30. The van der Waals surface area contributed by atoms with Gasteiger partial charge >= 0.3 is 0 Å². The van der Waals surface area contributed by atoms with Crippen LogP contribution in [-0.4, -0.2) is 12.4 Å². The fourth-order valence-electron chi connectivity index (χ4n) is 4.87. The summed E-state index contributed by atoms with van der Waals surface area (Å²) < 4.78 is 5.85. The Bertz CT molecular complexity index is 660. The second-order valence-corrected chi connectivity index (χ2v) is 8.34. The van der Waals surface area contributed by atoms with Crippen molar-refractivity contribution in [1.29, 1.82) is 0 Å². The zero-order valence-electron chi connectivity index (χ0n) is 16.4. The lowest BCUT2D eigenvalue weighted by Crippen LogP contribution is -2.18. The Hall–Kier alpha value is -1.67. The van der Waals surface area contributed by atoms with Crippen LogP contribution in [0.2, 0.25) is 0 Å². The molecule has 0 unspecified atom stereocenters. The van der Waals surface area contributed by atoms with Crippen molar-refractivity contribution in [1.82, 2.24) is 0 Å². The standard InChI is InChI=1S/C24H32O2/c1-5-20-13-22-18(4)21(24(25)23(22)17(20)3)12-11-16(2)14-26-15-19-9-7-6-8-10-19/h5-10,12,16-18,20,22-23H,1,11,13-15H2,2-4H3/b21-12+/t16-,17+,18+,20-,22-,23-/m0/s1. The first-order chi connectivity index (χ1) is 12.5. The van der Waals surface area contributed by atoms with E-state index in [1.54, 1.807) is 0 Å². The van der Waals surface area contributed by atoms with Crippen molar-refractivity contribution in [2.75, 3.05) is 6.61 Å². The number of hydrogen-bond donors (Lipinski definition) is 0. The molecule has 0 heterocycles. The molecule has 0 bridgehead atoms. The van der Waals surface area contributed by atoms with Crippen LogP contribution < -0.4 is 0 Å². The van der Waals surface area contributed by atoms with Gasteiger partial charge in [0.15, 0.2) is 5.78 Å². The molecule has 0 radical (unpaired) electrons. The summed E-state index contributed by atoms with van der Waals surface area (Å²) in [6.45, 7) is 12.0. The number of benzene rings is 1. The second kappa shape index (κ2) is 8.35. The van der Waals surface area contributed by atoms with Crippen molar-refractivity contribution in [2.24, 2.45) is 35.5 Å². The van der Waals surface area contributed by atoms with Crippen LogP contribution in [0.4, 0.5) is 0 Å². The highest BCUT2D eigenvalue weighted by Gasteiger charge is 2.52. The number of rotatable bonds is 7. The maximum Gasteiger partial charge on any atom is 0.162 e. The highest BCUT2D eigenvalue weighted by Crippen LogP contribution is 2.53. The van der Waals surface area contributed by atoms with Crippen molar-refractivity contribution in [3.63, 3.8) is 0 Å². The normalized spacial score (nSPS) is 33.4. The Kier molecular flexibility index (Phi) is 6.13. The monoisotopic (exact) mass is 352 g/mol. The number of allylic oxidation sites excluding steroid dienone is 3. The van der Waals surface area contributed by atoms with E-state index in [9.17, 15) is 4.79 Å². The number of hydrogen-bond acceptors (Lipinski definition) is 2. The molecule has 2 fully saturated rings. The number of fused-ring (bicyclic) bond motifs is 1. The number of Topliss-reactive ketones (excluding diaryl/α,β-unsaturated/α-hetero) is 1. The van der Waals surface area contributed by atoms with Gasteiger partial charge in [0, 0.05) is 12.5 Å². The van der Waals surface area contributed by atoms with Gasteiger partial charge in [0.05, 0.1) is 6.61 Å². The van der Waals surface area contributed by atoms with E-state index in [1.807, 2.05) is 18.2 Å². The quantitative estimate of drug-likeness (QED) is 0.482. The second-order valence-electron chi connectivity index (χ2n) is 8.34. The lowest BCUT2D eigenvalue weighted by atomic mass is 9.88. The summed E-state index contributed by atoms with van der Waals surface area (Å²) in [5.74, 6) is 2.87. The molecule has 3 rings (SSSR count). The Morgan fingerprint density at radius 2 is 2.00 bits per heavy atom. The highest BCUT2D eigenvalue weighted by atomic mass is 16.5. The average Bonchev–Trinajstić information content (AvgIpc) is 3.09. The lowest BCUT2D eigenvalue weighted by molar-refractivity contribution is -0.119. The Labute approximate surface area is 158 Å². The molecule has 6 atom stereocenters. The zero-order valence-corrected chi connectivity index (χ0v) is 16.4. The molecule has 0 saturated heterocycles. The molecule has 140 valence electrons. The third kappa shape index (κ3) is 3.86. The topological polar surface area (TPSA) is 26.3 Å². The van der Waals surface area contributed by atoms with Crippen LogP contribution in [0.5, 0.6) is 0 Å². The molecule has 2 aliphatic carbocycles. The molecule has 2 aliphatic rings. The maximum atomic E-state index is 12.9. The van der Waals surface area contributed by atoms with Gasteiger partial charge in [0.2, 0.25) is 0 Å². The van der Waals surface area contributed by atoms with E-state index in [0.29, 0.717) is 42.0 Å². The summed E-state index contributed by atoms with van der Waals surface area (Å²) in [7, 11) is 0. The SMILES string of the molecule is C=C[C@H]1C[C@@H]2[C@@H](C(=O)/C(=C/C[C@H](C)COCc3ccccc3)[C@H]2C)[C@@H]1C. The summed E-state index contributed by atoms with van der Waals surface area (Å²) in [5.41, 5.74) is 2.28. The Morgan fingerprint density at radius 3 is 2.65 bits per heavy atom. The molecule has 1 aromatic rings. The first-order valence-corrected chi connectivity index (χ1v) is 10.0. The third-order valence-electron chi connectivity index (χ3n) is 6.52. The number of ether oxygens (including phenoxy) is 1. The van der Waals surface area contributed by atoms with Gasteiger partial charge in [-0.15, -0.1) is 6.58 Å². The highest BCUT2D eigenvalue weighted by molar-refractivity contribution is 6.00. The van der Waals surface area contributed by atoms with Gasteiger partial charge in [-0.05, 0) is 53.6 Å². The summed E-state index contributed by atoms with van der Waals surface area (Å²) >= 11 is 0. The largest absolute Gasteiger partial charge is 0.376 e. The van der Waals surface area contributed by atoms with Gasteiger partial charge < -0.3 is 4.74 Å². The minimum Gasteiger partial charge on any atom is -0.376 e. The maximum absolute atomic E-state index is 12.9. The molecular weight excluding hydrogens is 320 g/mol. The van der Waals surface area contributed by atoms with E-state index < -0.39 is 0 Å². The summed E-state index contributed by atoms with van der Waals surface area (Å²) in [5, 5.41) is 0. The number of carbonyl (C=O) groups excluding carboxylic acids is 1. The van der Waals surface area contributed by atoms with Gasteiger partial charge in [-0.2, -0.15) is 0 Å². The fourth-order valence-corrected chi connectivity index (χ4v) is 4.87. The molecule has 0 N–H and O–H groups in total. The lowest BCUT2D eigenvalue weighted by Gasteiger charge is -2.16. The van der Waals surface area contributed by atoms with Crippen molar-refractivity contribution in [2.45, 2.75) is 40.2 Å². The molecular formula is C24H32O2. The summed E-state index contributed by atoms with van der Waals surface area (Å²) in [6, 6.07) is 10.3. The average molecular weight is 353 g/mol. The van der Waals surface area contributed by atoms with Crippen LogP contribution in [0.25, 0.3) is 0 Å². The molecule has 0 aliphatic heterocycles. The predicted molar refractivity (Wildman–Crippen MR) is 107 cm³/mol. The van der Waals surface area contributed by atoms with E-state index in [2.05, 4.69) is 51.6 Å². The molecule has 1 aromatic carbocycles. The first-order valence-electron chi connectivity index (χ1n) is 10.0. The van der Waals surface area contributed by atoms with Gasteiger partial charge in [-0.1, -0.05) is 63.3 Å². The Balaban J connectivity index is 1.52. The first kappa shape index (κ1) is 19.1. The molecule has 2 saturated carbocycles. The molecule has 2 nitrogen and oxygen atoms in total. The molecule has 26 heavy (non-hydrogen) atoms. The number of carbonyl (C=O) groups is 1. The van der Waals surface area contributed by atoms with Crippen LogP contribution in [0.1, 0.15) is 39.2 Å². The summed E-state index contributed by atoms with van der Waals surface area (Å²) in [4.78, 5) is 12.9. The zero-order chi connectivity index (χ0) is 18.7. The van der Waals surface area contributed by atoms with Crippen LogP contribution in [-0.2, 0) is 16.1 Å². The van der Waals surface area contributed by atoms with Gasteiger partial charge in [0.1, 0.15) is 0 Å². The van der Waals surface area contributed by atoms with Crippen molar-refractivity contribution in [3.05, 3.63) is 60.2 Å². The van der Waals surface area contributed by atoms with Crippen LogP contribution in [0.15, 0.2) is 54.6 Å². The van der Waals surface area contributed by atoms with E-state index in [-0.39, 0.29) is 5.92 Å².